The van der Waals surface area contributed by atoms with Crippen LogP contribution in [0.2, 0.25) is 0 Å². The molecule has 2 saturated heterocycles. The van der Waals surface area contributed by atoms with Crippen molar-refractivity contribution in [3.05, 3.63) is 77.4 Å². The number of carboxylic acids is 1. The number of fused-ring (bicyclic) bond motifs is 1. The third-order valence-electron chi connectivity index (χ3n) is 10.1. The van der Waals surface area contributed by atoms with Gasteiger partial charge >= 0.3 is 11.9 Å². The van der Waals surface area contributed by atoms with Crippen molar-refractivity contribution < 1.29 is 99.0 Å². The summed E-state index contributed by atoms with van der Waals surface area (Å²) in [5.41, 5.74) is 0.950. The molecule has 61 heavy (non-hydrogen) atoms. The Morgan fingerprint density at radius 1 is 0.738 bits per heavy atom. The Hall–Kier alpha value is -6.01. The molecule has 0 spiro atoms. The van der Waals surface area contributed by atoms with Crippen LogP contribution >= 0.6 is 0 Å². The first-order chi connectivity index (χ1) is 29.0. The van der Waals surface area contributed by atoms with Gasteiger partial charge in [-0.1, -0.05) is 12.1 Å². The molecule has 21 nitrogen and oxygen atoms in total. The van der Waals surface area contributed by atoms with Crippen LogP contribution in [0.15, 0.2) is 60.7 Å². The third-order valence-corrected chi connectivity index (χ3v) is 10.1. The predicted octanol–water partition coefficient (Wildman–Crippen LogP) is -1.16. The molecule has 1 amide bonds. The van der Waals surface area contributed by atoms with E-state index < -0.39 is 122 Å². The van der Waals surface area contributed by atoms with Crippen molar-refractivity contribution in [2.45, 2.75) is 73.9 Å². The standard InChI is InChI=1S/C40H43NO20/c1-56-26-11-18(3-7-23(26)44)4-8-30(47)41-20-14-27(25(46)13-19(20)12-21(41)38(54)55)58-39-36(53)34(51)33(50)29(60-39)16-57-40-37(35(52)32(49)28(15-42)59-40)61-31(48)9-5-17-2-6-22(43)24(45)10-17/h2-11,13-14,21,28-29,32-37,39-40,42-46,49-53H,12,15-16H2,1H3,(H,54,55)/b8-4-,9-5-/t21-,28+,29+,32+,33+,34-,35-,36+,37+,39+,40+/m0/s1. The van der Waals surface area contributed by atoms with Crippen LogP contribution in [0.25, 0.3) is 12.2 Å². The molecule has 0 aromatic heterocycles. The maximum absolute atomic E-state index is 13.5. The summed E-state index contributed by atoms with van der Waals surface area (Å²) in [6, 6.07) is 8.80. The average molecular weight is 858 g/mol. The normalized spacial score (nSPS) is 28.8. The number of aromatic hydroxyl groups is 4. The van der Waals surface area contributed by atoms with Crippen molar-refractivity contribution in [3.63, 3.8) is 0 Å². The van der Waals surface area contributed by atoms with Gasteiger partial charge in [-0.25, -0.2) is 9.59 Å². The zero-order chi connectivity index (χ0) is 44.3. The van der Waals surface area contributed by atoms with Gasteiger partial charge in [0.2, 0.25) is 6.29 Å². The number of carbonyl (C=O) groups is 3. The first kappa shape index (κ1) is 44.5. The van der Waals surface area contributed by atoms with E-state index in [2.05, 4.69) is 0 Å². The molecule has 21 heteroatoms. The Morgan fingerprint density at radius 2 is 1.39 bits per heavy atom. The number of aliphatic hydroxyl groups is 6. The van der Waals surface area contributed by atoms with Crippen LogP contribution in [0.3, 0.4) is 0 Å². The predicted molar refractivity (Wildman–Crippen MR) is 204 cm³/mol. The molecule has 0 radical (unpaired) electrons. The number of ether oxygens (including phenoxy) is 6. The van der Waals surface area contributed by atoms with Gasteiger partial charge in [0.15, 0.2) is 46.9 Å². The number of benzene rings is 3. The fourth-order valence-corrected chi connectivity index (χ4v) is 6.83. The number of carboxylic acid groups (broad SMARTS) is 1. The number of phenols is 4. The van der Waals surface area contributed by atoms with Crippen molar-refractivity contribution in [2.75, 3.05) is 25.2 Å². The van der Waals surface area contributed by atoms with Crippen LogP contribution in [0.5, 0.6) is 34.5 Å². The highest BCUT2D eigenvalue weighted by Crippen LogP contribution is 2.42. The second-order valence-corrected chi connectivity index (χ2v) is 14.1. The van der Waals surface area contributed by atoms with Crippen molar-refractivity contribution >= 4 is 35.7 Å². The van der Waals surface area contributed by atoms with Gasteiger partial charge in [0.05, 0.1) is 26.0 Å². The highest BCUT2D eigenvalue weighted by Gasteiger charge is 2.50. The van der Waals surface area contributed by atoms with E-state index in [1.807, 2.05) is 0 Å². The molecule has 0 unspecified atom stereocenters. The van der Waals surface area contributed by atoms with Gasteiger partial charge in [0.25, 0.3) is 5.91 Å². The van der Waals surface area contributed by atoms with Gasteiger partial charge in [-0.15, -0.1) is 0 Å². The first-order valence-corrected chi connectivity index (χ1v) is 18.5. The molecule has 3 aromatic carbocycles. The summed E-state index contributed by atoms with van der Waals surface area (Å²) < 4.78 is 33.1. The molecule has 11 N–H and O–H groups in total. The number of esters is 1. The van der Waals surface area contributed by atoms with E-state index in [0.29, 0.717) is 5.56 Å². The molecule has 3 aliphatic rings. The number of aliphatic carboxylic acids is 1. The number of rotatable bonds is 13. The van der Waals surface area contributed by atoms with E-state index in [0.717, 1.165) is 35.3 Å². The van der Waals surface area contributed by atoms with Crippen LogP contribution in [-0.4, -0.2) is 162 Å². The number of anilines is 1. The van der Waals surface area contributed by atoms with Crippen LogP contribution in [0.1, 0.15) is 16.7 Å². The molecular formula is C40H43NO20. The largest absolute Gasteiger partial charge is 0.504 e. The molecular weight excluding hydrogens is 814 g/mol. The number of aliphatic hydroxyl groups excluding tert-OH is 6. The third kappa shape index (κ3) is 9.65. The summed E-state index contributed by atoms with van der Waals surface area (Å²) in [5, 5.41) is 114. The fraction of sp³-hybridized carbons (Fsp3) is 0.375. The summed E-state index contributed by atoms with van der Waals surface area (Å²) in [6.07, 6.45) is -13.6. The molecule has 3 aliphatic heterocycles. The number of methoxy groups -OCH3 is 1. The molecule has 0 bridgehead atoms. The highest BCUT2D eigenvalue weighted by atomic mass is 16.7. The maximum atomic E-state index is 13.5. The lowest BCUT2D eigenvalue weighted by molar-refractivity contribution is -0.324. The van der Waals surface area contributed by atoms with E-state index in [9.17, 15) is 70.6 Å². The number of nitrogens with zero attached hydrogens (tertiary/aromatic N) is 1. The van der Waals surface area contributed by atoms with Crippen LogP contribution in [0, 0.1) is 0 Å². The minimum atomic E-state index is -1.98. The van der Waals surface area contributed by atoms with Crippen molar-refractivity contribution in [1.82, 2.24) is 0 Å². The highest BCUT2D eigenvalue weighted by molar-refractivity contribution is 6.09. The summed E-state index contributed by atoms with van der Waals surface area (Å²) >= 11 is 0. The number of carbonyl (C=O) groups excluding carboxylic acids is 2. The lowest BCUT2D eigenvalue weighted by atomic mass is 9.98. The smallest absolute Gasteiger partial charge is 0.331 e. The second kappa shape index (κ2) is 18.7. The van der Waals surface area contributed by atoms with Gasteiger partial charge < -0.3 is 84.6 Å². The average Bonchev–Trinajstić information content (AvgIpc) is 3.61. The quantitative estimate of drug-likeness (QED) is 0.0549. The number of phenolic OH excluding ortho intramolecular Hbond substituents is 4. The van der Waals surface area contributed by atoms with Gasteiger partial charge in [-0.3, -0.25) is 9.69 Å². The first-order valence-electron chi connectivity index (χ1n) is 18.5. The minimum Gasteiger partial charge on any atom is -0.504 e. The Bertz CT molecular complexity index is 2160. The molecule has 11 atom stereocenters. The summed E-state index contributed by atoms with van der Waals surface area (Å²) in [7, 11) is 1.34. The van der Waals surface area contributed by atoms with Gasteiger partial charge in [0, 0.05) is 24.6 Å². The molecule has 328 valence electrons. The van der Waals surface area contributed by atoms with Gasteiger partial charge in [-0.05, 0) is 59.2 Å². The van der Waals surface area contributed by atoms with Gasteiger partial charge in [0.1, 0.15) is 48.8 Å². The minimum absolute atomic E-state index is 0.00850. The molecule has 0 saturated carbocycles. The van der Waals surface area contributed by atoms with E-state index in [1.165, 1.54) is 49.6 Å². The topological polar surface area (TPSA) is 332 Å². The van der Waals surface area contributed by atoms with Crippen LogP contribution in [-0.2, 0) is 39.8 Å². The van der Waals surface area contributed by atoms with E-state index >= 15 is 0 Å². The monoisotopic (exact) mass is 857 g/mol. The SMILES string of the molecule is COc1cc(/C=C\C(=O)N2c3cc(O[C@@H]4O[C@H](CO[C@@H]5O[C@H](CO)[C@@H](O)[C@H](O)[C@H]5OC(=O)/C=C\c5ccc(O)c(O)c5)[C@@H](O)[C@H](O)[C@H]4O)c(O)cc3C[C@H]2C(=O)O)ccc1O. The van der Waals surface area contributed by atoms with Crippen LogP contribution in [0.4, 0.5) is 5.69 Å². The Kier molecular flexibility index (Phi) is 13.7. The molecule has 0 aliphatic carbocycles. The van der Waals surface area contributed by atoms with E-state index in [1.54, 1.807) is 0 Å². The maximum Gasteiger partial charge on any atom is 0.331 e. The van der Waals surface area contributed by atoms with Crippen LogP contribution < -0.4 is 14.4 Å². The second-order valence-electron chi connectivity index (χ2n) is 14.1. The van der Waals surface area contributed by atoms with Crippen molar-refractivity contribution in [2.24, 2.45) is 0 Å². The number of hydrogen-bond acceptors (Lipinski definition) is 19. The molecule has 6 rings (SSSR count). The van der Waals surface area contributed by atoms with E-state index in [4.69, 9.17) is 28.4 Å². The Labute approximate surface area is 345 Å². The van der Waals surface area contributed by atoms with Gasteiger partial charge in [-0.2, -0.15) is 0 Å². The zero-order valence-corrected chi connectivity index (χ0v) is 31.9. The summed E-state index contributed by atoms with van der Waals surface area (Å²) in [6.45, 7) is -1.57. The number of hydrogen-bond donors (Lipinski definition) is 11. The molecule has 2 fully saturated rings. The summed E-state index contributed by atoms with van der Waals surface area (Å²) in [5.74, 6) is -5.16. The van der Waals surface area contributed by atoms with Crippen molar-refractivity contribution in [3.8, 4) is 34.5 Å². The van der Waals surface area contributed by atoms with E-state index in [-0.39, 0.29) is 34.7 Å². The summed E-state index contributed by atoms with van der Waals surface area (Å²) in [4.78, 5) is 39.5. The lowest BCUT2D eigenvalue weighted by Gasteiger charge is -2.43. The Morgan fingerprint density at radius 3 is 2.07 bits per heavy atom. The van der Waals surface area contributed by atoms with Crippen molar-refractivity contribution in [1.29, 1.82) is 0 Å². The molecule has 3 heterocycles. The lowest BCUT2D eigenvalue weighted by Crippen LogP contribution is -2.62. The molecule has 3 aromatic rings. The Balaban J connectivity index is 1.18. The fourth-order valence-electron chi connectivity index (χ4n) is 6.83. The number of amides is 1. The zero-order valence-electron chi connectivity index (χ0n) is 31.9.